The third-order valence-corrected chi connectivity index (χ3v) is 3.29. The van der Waals surface area contributed by atoms with Gasteiger partial charge in [-0.2, -0.15) is 0 Å². The first kappa shape index (κ1) is 17.9. The molecule has 22 heavy (non-hydrogen) atoms. The van der Waals surface area contributed by atoms with E-state index >= 15 is 0 Å². The standard InChI is InChI=1S/C14H18ClN3O4/c1-5-17(14(2,3)4)13(20)12(19)16-9-6-7-10(15)11(8-9)18(21)22/h6-8H,5H2,1-4H3,(H,16,19). The molecule has 1 rings (SSSR count). The Morgan fingerprint density at radius 2 is 1.95 bits per heavy atom. The zero-order valence-electron chi connectivity index (χ0n) is 12.8. The highest BCUT2D eigenvalue weighted by Crippen LogP contribution is 2.27. The Labute approximate surface area is 133 Å². The highest BCUT2D eigenvalue weighted by Gasteiger charge is 2.29. The predicted molar refractivity (Wildman–Crippen MR) is 83.9 cm³/mol. The van der Waals surface area contributed by atoms with E-state index in [9.17, 15) is 19.7 Å². The predicted octanol–water partition coefficient (Wildman–Crippen LogP) is 2.83. The fraction of sp³-hybridized carbons (Fsp3) is 0.429. The van der Waals surface area contributed by atoms with Gasteiger partial charge in [-0.15, -0.1) is 0 Å². The number of likely N-dealkylation sites (N-methyl/N-ethyl adjacent to an activating group) is 1. The zero-order chi connectivity index (χ0) is 17.1. The normalized spacial score (nSPS) is 11.0. The molecule has 0 saturated heterocycles. The van der Waals surface area contributed by atoms with Gasteiger partial charge in [0.2, 0.25) is 0 Å². The third-order valence-electron chi connectivity index (χ3n) is 2.97. The van der Waals surface area contributed by atoms with Crippen molar-refractivity contribution in [2.45, 2.75) is 33.2 Å². The third kappa shape index (κ3) is 4.17. The minimum Gasteiger partial charge on any atom is -0.330 e. The van der Waals surface area contributed by atoms with E-state index < -0.39 is 22.3 Å². The molecule has 0 heterocycles. The maximum absolute atomic E-state index is 12.2. The van der Waals surface area contributed by atoms with Gasteiger partial charge in [0.25, 0.3) is 5.69 Å². The first-order chi connectivity index (χ1) is 10.1. The summed E-state index contributed by atoms with van der Waals surface area (Å²) in [6.07, 6.45) is 0. The van der Waals surface area contributed by atoms with Crippen LogP contribution in [0.25, 0.3) is 0 Å². The molecule has 0 unspecified atom stereocenters. The molecule has 0 aliphatic rings. The van der Waals surface area contributed by atoms with Crippen LogP contribution in [0.5, 0.6) is 0 Å². The van der Waals surface area contributed by atoms with E-state index in [-0.39, 0.29) is 16.4 Å². The topological polar surface area (TPSA) is 92.6 Å². The van der Waals surface area contributed by atoms with Crippen molar-refractivity contribution in [3.8, 4) is 0 Å². The minimum absolute atomic E-state index is 0.0424. The van der Waals surface area contributed by atoms with E-state index in [1.165, 1.54) is 17.0 Å². The average Bonchev–Trinajstić information content (AvgIpc) is 2.39. The molecule has 0 atom stereocenters. The Balaban J connectivity index is 2.96. The Hall–Kier alpha value is -2.15. The Kier molecular flexibility index (Phi) is 5.48. The van der Waals surface area contributed by atoms with Gasteiger partial charge in [-0.05, 0) is 39.8 Å². The van der Waals surface area contributed by atoms with E-state index in [0.717, 1.165) is 6.07 Å². The van der Waals surface area contributed by atoms with Crippen LogP contribution in [-0.2, 0) is 9.59 Å². The number of hydrogen-bond donors (Lipinski definition) is 1. The number of amides is 2. The highest BCUT2D eigenvalue weighted by molar-refractivity contribution is 6.39. The monoisotopic (exact) mass is 327 g/mol. The molecule has 120 valence electrons. The van der Waals surface area contributed by atoms with Crippen molar-refractivity contribution >= 4 is 34.8 Å². The first-order valence-corrected chi connectivity index (χ1v) is 7.02. The molecule has 0 saturated carbocycles. The molecule has 0 radical (unpaired) electrons. The van der Waals surface area contributed by atoms with Crippen LogP contribution in [0.4, 0.5) is 11.4 Å². The number of nitro groups is 1. The average molecular weight is 328 g/mol. The van der Waals surface area contributed by atoms with Gasteiger partial charge in [-0.3, -0.25) is 19.7 Å². The number of nitrogens with one attached hydrogen (secondary N) is 1. The summed E-state index contributed by atoms with van der Waals surface area (Å²) in [5.41, 5.74) is -0.704. The second kappa shape index (κ2) is 6.74. The van der Waals surface area contributed by atoms with Crippen molar-refractivity contribution < 1.29 is 14.5 Å². The van der Waals surface area contributed by atoms with E-state index in [2.05, 4.69) is 5.32 Å². The number of rotatable bonds is 3. The van der Waals surface area contributed by atoms with Crippen LogP contribution in [0.1, 0.15) is 27.7 Å². The van der Waals surface area contributed by atoms with Crippen LogP contribution in [0.3, 0.4) is 0 Å². The molecule has 1 aromatic carbocycles. The summed E-state index contributed by atoms with van der Waals surface area (Å²) in [5.74, 6) is -1.55. The van der Waals surface area contributed by atoms with Crippen molar-refractivity contribution in [2.75, 3.05) is 11.9 Å². The van der Waals surface area contributed by atoms with Crippen molar-refractivity contribution in [1.82, 2.24) is 4.90 Å². The van der Waals surface area contributed by atoms with Crippen molar-refractivity contribution in [1.29, 1.82) is 0 Å². The molecule has 0 fully saturated rings. The molecular weight excluding hydrogens is 310 g/mol. The maximum Gasteiger partial charge on any atom is 0.313 e. The van der Waals surface area contributed by atoms with E-state index in [0.29, 0.717) is 6.54 Å². The summed E-state index contributed by atoms with van der Waals surface area (Å²) in [6.45, 7) is 7.58. The SMILES string of the molecule is CCN(C(=O)C(=O)Nc1ccc(Cl)c([N+](=O)[O-])c1)C(C)(C)C. The Bertz CT molecular complexity index is 611. The summed E-state index contributed by atoms with van der Waals surface area (Å²) in [6, 6.07) is 3.80. The number of nitro benzene ring substituents is 1. The fourth-order valence-corrected chi connectivity index (χ4v) is 2.15. The first-order valence-electron chi connectivity index (χ1n) is 6.64. The van der Waals surface area contributed by atoms with Crippen molar-refractivity contribution in [3.05, 3.63) is 33.3 Å². The number of carbonyl (C=O) groups excluding carboxylic acids is 2. The molecule has 0 aliphatic heterocycles. The zero-order valence-corrected chi connectivity index (χ0v) is 13.6. The van der Waals surface area contributed by atoms with Gasteiger partial charge in [-0.25, -0.2) is 0 Å². The molecule has 1 N–H and O–H groups in total. The number of hydrogen-bond acceptors (Lipinski definition) is 4. The molecule has 0 aromatic heterocycles. The molecule has 1 aromatic rings. The summed E-state index contributed by atoms with van der Waals surface area (Å²) in [7, 11) is 0. The van der Waals surface area contributed by atoms with Gasteiger partial charge in [0.1, 0.15) is 5.02 Å². The second-order valence-corrected chi connectivity index (χ2v) is 6.00. The lowest BCUT2D eigenvalue weighted by molar-refractivity contribution is -0.384. The summed E-state index contributed by atoms with van der Waals surface area (Å²) >= 11 is 5.69. The quantitative estimate of drug-likeness (QED) is 0.525. The lowest BCUT2D eigenvalue weighted by Crippen LogP contribution is -2.49. The summed E-state index contributed by atoms with van der Waals surface area (Å²) in [4.78, 5) is 35.7. The molecule has 0 spiro atoms. The van der Waals surface area contributed by atoms with Crippen LogP contribution in [-0.4, -0.2) is 33.7 Å². The van der Waals surface area contributed by atoms with Crippen LogP contribution in [0.2, 0.25) is 5.02 Å². The lowest BCUT2D eigenvalue weighted by atomic mass is 10.1. The molecule has 7 nitrogen and oxygen atoms in total. The number of benzene rings is 1. The maximum atomic E-state index is 12.2. The van der Waals surface area contributed by atoms with E-state index in [4.69, 9.17) is 11.6 Å². The molecule has 0 bridgehead atoms. The molecule has 8 heteroatoms. The minimum atomic E-state index is -0.853. The van der Waals surface area contributed by atoms with Gasteiger partial charge in [0.15, 0.2) is 0 Å². The van der Waals surface area contributed by atoms with E-state index in [1.54, 1.807) is 6.92 Å². The van der Waals surface area contributed by atoms with E-state index in [1.807, 2.05) is 20.8 Å². The van der Waals surface area contributed by atoms with Gasteiger partial charge in [0.05, 0.1) is 4.92 Å². The number of carbonyl (C=O) groups is 2. The molecule has 2 amide bonds. The van der Waals surface area contributed by atoms with Crippen molar-refractivity contribution in [2.24, 2.45) is 0 Å². The Morgan fingerprint density at radius 1 is 1.36 bits per heavy atom. The smallest absolute Gasteiger partial charge is 0.313 e. The van der Waals surface area contributed by atoms with Crippen LogP contribution in [0, 0.1) is 10.1 Å². The Morgan fingerprint density at radius 3 is 2.41 bits per heavy atom. The summed E-state index contributed by atoms with van der Waals surface area (Å²) in [5, 5.41) is 13.1. The van der Waals surface area contributed by atoms with Gasteiger partial charge >= 0.3 is 11.8 Å². The molecular formula is C14H18ClN3O4. The fourth-order valence-electron chi connectivity index (χ4n) is 1.96. The van der Waals surface area contributed by atoms with Crippen LogP contribution < -0.4 is 5.32 Å². The molecule has 0 aliphatic carbocycles. The number of nitrogens with zero attached hydrogens (tertiary/aromatic N) is 2. The largest absolute Gasteiger partial charge is 0.330 e. The van der Waals surface area contributed by atoms with Gasteiger partial charge in [0, 0.05) is 23.8 Å². The van der Waals surface area contributed by atoms with Crippen LogP contribution >= 0.6 is 11.6 Å². The highest BCUT2D eigenvalue weighted by atomic mass is 35.5. The number of anilines is 1. The van der Waals surface area contributed by atoms with Gasteiger partial charge < -0.3 is 10.2 Å². The van der Waals surface area contributed by atoms with Gasteiger partial charge in [-0.1, -0.05) is 11.6 Å². The van der Waals surface area contributed by atoms with Crippen molar-refractivity contribution in [3.63, 3.8) is 0 Å². The lowest BCUT2D eigenvalue weighted by Gasteiger charge is -2.34. The number of halogens is 1. The van der Waals surface area contributed by atoms with Crippen LogP contribution in [0.15, 0.2) is 18.2 Å². The summed E-state index contributed by atoms with van der Waals surface area (Å²) < 4.78 is 0. The second-order valence-electron chi connectivity index (χ2n) is 5.60.